The van der Waals surface area contributed by atoms with E-state index in [2.05, 4.69) is 4.99 Å². The Morgan fingerprint density at radius 3 is 2.52 bits per heavy atom. The van der Waals surface area contributed by atoms with Crippen molar-refractivity contribution in [1.82, 2.24) is 4.57 Å². The van der Waals surface area contributed by atoms with Crippen molar-refractivity contribution in [2.75, 3.05) is 25.6 Å². The van der Waals surface area contributed by atoms with Gasteiger partial charge in [0, 0.05) is 31.4 Å². The van der Waals surface area contributed by atoms with E-state index in [1.807, 2.05) is 43.3 Å². The van der Waals surface area contributed by atoms with Gasteiger partial charge in [-0.1, -0.05) is 41.7 Å². The van der Waals surface area contributed by atoms with E-state index in [1.165, 1.54) is 22.0 Å². The van der Waals surface area contributed by atoms with Crippen molar-refractivity contribution >= 4 is 35.0 Å². The molecule has 2 aromatic heterocycles. The molecule has 40 heavy (non-hydrogen) atoms. The van der Waals surface area contributed by atoms with Crippen molar-refractivity contribution in [3.8, 4) is 11.3 Å². The highest BCUT2D eigenvalue weighted by molar-refractivity contribution is 7.07. The van der Waals surface area contributed by atoms with Crippen LogP contribution in [0.25, 0.3) is 17.4 Å². The summed E-state index contributed by atoms with van der Waals surface area (Å²) in [5.41, 5.74) is 2.75. The van der Waals surface area contributed by atoms with Crippen molar-refractivity contribution in [2.45, 2.75) is 19.9 Å². The number of carbonyl (C=O) groups excluding carboxylic acids is 1. The lowest BCUT2D eigenvalue weighted by Crippen LogP contribution is -2.39. The SMILES string of the molecule is CCOC(=O)C1=C(C)N=c2sc(=Cc3ccc(-c4ccccc4C(=O)O)o3)c(=O)n2C1c1ccc(N(C)C)cc1. The van der Waals surface area contributed by atoms with E-state index < -0.39 is 18.0 Å². The molecule has 1 aliphatic rings. The van der Waals surface area contributed by atoms with E-state index in [-0.39, 0.29) is 17.7 Å². The third-order valence-corrected chi connectivity index (χ3v) is 7.55. The van der Waals surface area contributed by atoms with Crippen molar-refractivity contribution < 1.29 is 23.8 Å². The van der Waals surface area contributed by atoms with Gasteiger partial charge in [-0.3, -0.25) is 9.36 Å². The number of carboxylic acid groups (broad SMARTS) is 1. The minimum Gasteiger partial charge on any atom is -0.478 e. The van der Waals surface area contributed by atoms with Crippen molar-refractivity contribution in [2.24, 2.45) is 4.99 Å². The lowest BCUT2D eigenvalue weighted by Gasteiger charge is -2.25. The first-order chi connectivity index (χ1) is 19.2. The van der Waals surface area contributed by atoms with Crippen LogP contribution >= 0.6 is 11.3 Å². The molecule has 0 bridgehead atoms. The number of aromatic carboxylic acids is 1. The van der Waals surface area contributed by atoms with Crippen LogP contribution in [0.15, 0.2) is 86.1 Å². The van der Waals surface area contributed by atoms with Crippen molar-refractivity contribution in [1.29, 1.82) is 0 Å². The van der Waals surface area contributed by atoms with Crippen LogP contribution in [-0.4, -0.2) is 42.3 Å². The molecule has 9 nitrogen and oxygen atoms in total. The first kappa shape index (κ1) is 26.9. The molecule has 10 heteroatoms. The molecule has 1 atom stereocenters. The first-order valence-corrected chi connectivity index (χ1v) is 13.4. The maximum Gasteiger partial charge on any atom is 0.338 e. The predicted octanol–water partition coefficient (Wildman–Crippen LogP) is 3.82. The normalized spacial score (nSPS) is 15.0. The number of fused-ring (bicyclic) bond motifs is 1. The van der Waals surface area contributed by atoms with Gasteiger partial charge in [0.2, 0.25) is 0 Å². The monoisotopic (exact) mass is 557 g/mol. The largest absolute Gasteiger partial charge is 0.478 e. The Labute approximate surface area is 233 Å². The molecule has 1 aliphatic heterocycles. The summed E-state index contributed by atoms with van der Waals surface area (Å²) in [5, 5.41) is 9.53. The number of esters is 1. The molecule has 204 valence electrons. The Morgan fingerprint density at radius 1 is 1.12 bits per heavy atom. The fourth-order valence-electron chi connectivity index (χ4n) is 4.65. The molecule has 1 unspecified atom stereocenters. The highest BCUT2D eigenvalue weighted by Crippen LogP contribution is 2.32. The maximum absolute atomic E-state index is 13.8. The van der Waals surface area contributed by atoms with Crippen LogP contribution in [0.3, 0.4) is 0 Å². The Morgan fingerprint density at radius 2 is 1.85 bits per heavy atom. The van der Waals surface area contributed by atoms with Gasteiger partial charge in [-0.15, -0.1) is 0 Å². The van der Waals surface area contributed by atoms with Gasteiger partial charge in [-0.05, 0) is 49.7 Å². The van der Waals surface area contributed by atoms with Gasteiger partial charge in [0.1, 0.15) is 11.5 Å². The number of allylic oxidation sites excluding steroid dienone is 1. The topological polar surface area (TPSA) is 114 Å². The molecule has 0 fully saturated rings. The lowest BCUT2D eigenvalue weighted by atomic mass is 9.95. The third kappa shape index (κ3) is 4.89. The van der Waals surface area contributed by atoms with Crippen LogP contribution in [-0.2, 0) is 9.53 Å². The zero-order chi connectivity index (χ0) is 28.6. The summed E-state index contributed by atoms with van der Waals surface area (Å²) in [7, 11) is 3.87. The van der Waals surface area contributed by atoms with Crippen molar-refractivity contribution in [3.05, 3.63) is 109 Å². The number of carboxylic acids is 1. The Hall–Kier alpha value is -4.70. The number of ether oxygens (including phenoxy) is 1. The van der Waals surface area contributed by atoms with Gasteiger partial charge >= 0.3 is 11.9 Å². The second kappa shape index (κ2) is 10.8. The van der Waals surface area contributed by atoms with Crippen LogP contribution in [0.5, 0.6) is 0 Å². The predicted molar refractivity (Wildman–Crippen MR) is 152 cm³/mol. The number of furan rings is 1. The minimum atomic E-state index is -1.06. The fraction of sp³-hybridized carbons (Fsp3) is 0.200. The summed E-state index contributed by atoms with van der Waals surface area (Å²) in [5.74, 6) is -0.828. The molecule has 0 radical (unpaired) electrons. The summed E-state index contributed by atoms with van der Waals surface area (Å²) in [6, 6.07) is 16.8. The van der Waals surface area contributed by atoms with E-state index in [0.29, 0.717) is 37.7 Å². The summed E-state index contributed by atoms with van der Waals surface area (Å²) >= 11 is 1.19. The molecule has 5 rings (SSSR count). The summed E-state index contributed by atoms with van der Waals surface area (Å²) in [6.45, 7) is 3.66. The summed E-state index contributed by atoms with van der Waals surface area (Å²) in [4.78, 5) is 45.5. The van der Waals surface area contributed by atoms with Gasteiger partial charge < -0.3 is 19.2 Å². The Kier molecular flexibility index (Phi) is 7.27. The van der Waals surface area contributed by atoms with E-state index in [9.17, 15) is 19.5 Å². The number of benzene rings is 2. The maximum atomic E-state index is 13.8. The van der Waals surface area contributed by atoms with Gasteiger partial charge in [0.25, 0.3) is 5.56 Å². The van der Waals surface area contributed by atoms with Gasteiger partial charge in [0.05, 0.1) is 34.0 Å². The van der Waals surface area contributed by atoms with Crippen LogP contribution in [0.2, 0.25) is 0 Å². The molecular formula is C30H27N3O6S. The van der Waals surface area contributed by atoms with Gasteiger partial charge in [-0.2, -0.15) is 0 Å². The van der Waals surface area contributed by atoms with E-state index in [1.54, 1.807) is 50.3 Å². The highest BCUT2D eigenvalue weighted by Gasteiger charge is 2.33. The molecule has 0 amide bonds. The quantitative estimate of drug-likeness (QED) is 0.344. The van der Waals surface area contributed by atoms with Gasteiger partial charge in [-0.25, -0.2) is 14.6 Å². The van der Waals surface area contributed by atoms with E-state index in [0.717, 1.165) is 11.3 Å². The van der Waals surface area contributed by atoms with Crippen LogP contribution < -0.4 is 19.8 Å². The van der Waals surface area contributed by atoms with E-state index in [4.69, 9.17) is 9.15 Å². The average Bonchev–Trinajstić information content (AvgIpc) is 3.52. The van der Waals surface area contributed by atoms with Gasteiger partial charge in [0.15, 0.2) is 4.80 Å². The average molecular weight is 558 g/mol. The highest BCUT2D eigenvalue weighted by atomic mass is 32.1. The molecular weight excluding hydrogens is 530 g/mol. The smallest absolute Gasteiger partial charge is 0.338 e. The van der Waals surface area contributed by atoms with Crippen molar-refractivity contribution in [3.63, 3.8) is 0 Å². The molecule has 2 aromatic carbocycles. The second-order valence-corrected chi connectivity index (χ2v) is 10.4. The number of carbonyl (C=O) groups is 2. The molecule has 0 aliphatic carbocycles. The third-order valence-electron chi connectivity index (χ3n) is 6.57. The number of hydrogen-bond acceptors (Lipinski definition) is 8. The number of nitrogens with zero attached hydrogens (tertiary/aromatic N) is 3. The number of anilines is 1. The minimum absolute atomic E-state index is 0.116. The number of hydrogen-bond donors (Lipinski definition) is 1. The molecule has 0 saturated carbocycles. The number of aromatic nitrogens is 1. The van der Waals surface area contributed by atoms with Crippen LogP contribution in [0.1, 0.15) is 41.6 Å². The number of thiazole rings is 1. The summed E-state index contributed by atoms with van der Waals surface area (Å²) in [6.07, 6.45) is 1.60. The van der Waals surface area contributed by atoms with Crippen LogP contribution in [0.4, 0.5) is 5.69 Å². The fourth-order valence-corrected chi connectivity index (χ4v) is 5.68. The molecule has 4 aromatic rings. The Balaban J connectivity index is 1.63. The van der Waals surface area contributed by atoms with E-state index >= 15 is 0 Å². The molecule has 0 spiro atoms. The lowest BCUT2D eigenvalue weighted by molar-refractivity contribution is -0.139. The standard InChI is InChI=1S/C30H27N3O6S/c1-5-38-29(37)25-17(2)31-30-33(26(25)18-10-12-19(13-11-18)32(3)4)27(34)24(40-30)16-20-14-15-23(39-20)21-8-6-7-9-22(21)28(35)36/h6-16,26H,5H2,1-4H3,(H,35,36). The second-order valence-electron chi connectivity index (χ2n) is 9.34. The zero-order valence-electron chi connectivity index (χ0n) is 22.4. The zero-order valence-corrected chi connectivity index (χ0v) is 23.2. The molecule has 1 N–H and O–H groups in total. The Bertz CT molecular complexity index is 1830. The first-order valence-electron chi connectivity index (χ1n) is 12.6. The van der Waals surface area contributed by atoms with Crippen LogP contribution in [0, 0.1) is 0 Å². The number of rotatable bonds is 7. The summed E-state index contributed by atoms with van der Waals surface area (Å²) < 4.78 is 13.2. The molecule has 0 saturated heterocycles. The molecule has 3 heterocycles.